The molecule has 2 amide bonds. The topological polar surface area (TPSA) is 71.1 Å². The summed E-state index contributed by atoms with van der Waals surface area (Å²) in [5, 5.41) is 9.92. The lowest BCUT2D eigenvalue weighted by molar-refractivity contribution is -0.116. The van der Waals surface area contributed by atoms with Crippen molar-refractivity contribution >= 4 is 61.2 Å². The molecule has 0 aliphatic carbocycles. The van der Waals surface area contributed by atoms with Crippen LogP contribution in [0.3, 0.4) is 0 Å². The minimum atomic E-state index is -0.163. The van der Waals surface area contributed by atoms with E-state index in [2.05, 4.69) is 31.5 Å². The second kappa shape index (κ2) is 8.57. The number of aromatic nitrogens is 1. The van der Waals surface area contributed by atoms with Crippen LogP contribution in [-0.2, 0) is 11.2 Å². The highest BCUT2D eigenvalue weighted by molar-refractivity contribution is 9.10. The Hall–Kier alpha value is -2.03. The fourth-order valence-corrected chi connectivity index (χ4v) is 3.84. The summed E-state index contributed by atoms with van der Waals surface area (Å²) in [5.41, 5.74) is 2.63. The Balaban J connectivity index is 1.50. The van der Waals surface area contributed by atoms with Crippen molar-refractivity contribution in [1.29, 1.82) is 0 Å². The normalized spacial score (nSPS) is 10.5. The van der Waals surface area contributed by atoms with E-state index >= 15 is 0 Å². The molecule has 0 aliphatic heterocycles. The van der Waals surface area contributed by atoms with E-state index in [-0.39, 0.29) is 11.8 Å². The molecule has 8 heteroatoms. The van der Waals surface area contributed by atoms with Crippen molar-refractivity contribution < 1.29 is 9.59 Å². The van der Waals surface area contributed by atoms with Gasteiger partial charge in [0.1, 0.15) is 0 Å². The largest absolute Gasteiger partial charge is 0.326 e. The molecule has 0 atom stereocenters. The maximum atomic E-state index is 12.1. The highest BCUT2D eigenvalue weighted by Gasteiger charge is 2.11. The number of thiazole rings is 1. The molecule has 2 heterocycles. The highest BCUT2D eigenvalue weighted by atomic mass is 79.9. The summed E-state index contributed by atoms with van der Waals surface area (Å²) in [4.78, 5) is 29.1. The number of rotatable bonds is 6. The summed E-state index contributed by atoms with van der Waals surface area (Å²) in [7, 11) is 0. The van der Waals surface area contributed by atoms with E-state index in [0.29, 0.717) is 22.9 Å². The second-order valence-corrected chi connectivity index (χ2v) is 8.25. The Morgan fingerprint density at radius 1 is 1.19 bits per heavy atom. The Bertz CT molecular complexity index is 922. The van der Waals surface area contributed by atoms with Crippen molar-refractivity contribution in [3.8, 4) is 0 Å². The number of nitrogens with one attached hydrogen (secondary N) is 2. The number of aryl methyl sites for hydroxylation is 2. The lowest BCUT2D eigenvalue weighted by atomic mass is 10.2. The predicted molar refractivity (Wildman–Crippen MR) is 110 cm³/mol. The quantitative estimate of drug-likeness (QED) is 0.549. The Morgan fingerprint density at radius 3 is 2.77 bits per heavy atom. The summed E-state index contributed by atoms with van der Waals surface area (Å²) < 4.78 is 1.01. The van der Waals surface area contributed by atoms with E-state index in [1.165, 1.54) is 22.7 Å². The fourth-order valence-electron chi connectivity index (χ4n) is 2.23. The molecule has 1 aromatic carbocycles. The molecule has 0 spiro atoms. The molecule has 0 radical (unpaired) electrons. The maximum Gasteiger partial charge on any atom is 0.267 e. The average molecular weight is 450 g/mol. The van der Waals surface area contributed by atoms with Gasteiger partial charge in [-0.3, -0.25) is 14.9 Å². The van der Waals surface area contributed by atoms with Crippen LogP contribution in [0.1, 0.15) is 27.3 Å². The van der Waals surface area contributed by atoms with Crippen LogP contribution in [0, 0.1) is 6.92 Å². The molecule has 2 aromatic heterocycles. The molecule has 0 unspecified atom stereocenters. The van der Waals surface area contributed by atoms with Crippen LogP contribution in [0.5, 0.6) is 0 Å². The Labute approximate surface area is 167 Å². The molecule has 134 valence electrons. The van der Waals surface area contributed by atoms with Gasteiger partial charge >= 0.3 is 0 Å². The van der Waals surface area contributed by atoms with Gasteiger partial charge < -0.3 is 5.32 Å². The molecule has 0 fully saturated rings. The average Bonchev–Trinajstić information content (AvgIpc) is 3.28. The number of carbonyl (C=O) groups excluding carboxylic acids is 2. The summed E-state index contributed by atoms with van der Waals surface area (Å²) in [6, 6.07) is 9.29. The van der Waals surface area contributed by atoms with E-state index in [0.717, 1.165) is 21.4 Å². The van der Waals surface area contributed by atoms with Crippen molar-refractivity contribution in [2.75, 3.05) is 10.6 Å². The summed E-state index contributed by atoms with van der Waals surface area (Å²) in [6.07, 6.45) is 0.851. The molecular formula is C18H16BrN3O2S2. The van der Waals surface area contributed by atoms with E-state index < -0.39 is 0 Å². The van der Waals surface area contributed by atoms with Crippen molar-refractivity contribution in [2.45, 2.75) is 19.8 Å². The minimum absolute atomic E-state index is 0.0658. The van der Waals surface area contributed by atoms with Gasteiger partial charge in [-0.2, -0.15) is 0 Å². The Morgan fingerprint density at radius 2 is 2.04 bits per heavy atom. The first-order valence-corrected chi connectivity index (χ1v) is 10.4. The third-order valence-electron chi connectivity index (χ3n) is 3.57. The first-order chi connectivity index (χ1) is 12.5. The lowest BCUT2D eigenvalue weighted by Crippen LogP contribution is -2.13. The monoisotopic (exact) mass is 449 g/mol. The van der Waals surface area contributed by atoms with Gasteiger partial charge in [0.2, 0.25) is 5.91 Å². The lowest BCUT2D eigenvalue weighted by Gasteiger charge is -2.06. The highest BCUT2D eigenvalue weighted by Crippen LogP contribution is 2.21. The number of carbonyl (C=O) groups is 2. The van der Waals surface area contributed by atoms with Gasteiger partial charge in [-0.25, -0.2) is 4.98 Å². The summed E-state index contributed by atoms with van der Waals surface area (Å²) >= 11 is 6.18. The Kier molecular flexibility index (Phi) is 6.18. The van der Waals surface area contributed by atoms with Crippen LogP contribution in [-0.4, -0.2) is 16.8 Å². The first kappa shape index (κ1) is 18.8. The predicted octanol–water partition coefficient (Wildman–Crippen LogP) is 5.10. The van der Waals surface area contributed by atoms with Gasteiger partial charge in [0.25, 0.3) is 5.91 Å². The summed E-state index contributed by atoms with van der Waals surface area (Å²) in [6.45, 7) is 1.97. The van der Waals surface area contributed by atoms with E-state index in [4.69, 9.17) is 0 Å². The van der Waals surface area contributed by atoms with Crippen molar-refractivity contribution in [1.82, 2.24) is 4.98 Å². The number of hydrogen-bond acceptors (Lipinski definition) is 5. The molecular weight excluding hydrogens is 434 g/mol. The zero-order chi connectivity index (χ0) is 18.5. The number of thiophene rings is 1. The SMILES string of the molecule is Cc1cc(NC(=O)CCc2csc(NC(=O)c3cccs3)n2)ccc1Br. The number of hydrogen-bond donors (Lipinski definition) is 2. The van der Waals surface area contributed by atoms with Crippen molar-refractivity contribution in [3.63, 3.8) is 0 Å². The van der Waals surface area contributed by atoms with E-state index in [1.807, 2.05) is 41.9 Å². The van der Waals surface area contributed by atoms with Gasteiger partial charge in [0.15, 0.2) is 5.13 Å². The molecule has 0 saturated heterocycles. The zero-order valence-corrected chi connectivity index (χ0v) is 17.1. The van der Waals surface area contributed by atoms with Gasteiger partial charge in [-0.15, -0.1) is 22.7 Å². The molecule has 0 aliphatic rings. The zero-order valence-electron chi connectivity index (χ0n) is 13.9. The standard InChI is InChI=1S/C18H16BrN3O2S2/c1-11-9-12(4-6-14(11)19)20-16(23)7-5-13-10-26-18(21-13)22-17(24)15-3-2-8-25-15/h2-4,6,8-10H,5,7H2,1H3,(H,20,23)(H,21,22,24). The summed E-state index contributed by atoms with van der Waals surface area (Å²) in [5.74, 6) is -0.229. The second-order valence-electron chi connectivity index (χ2n) is 5.59. The number of halogens is 1. The molecule has 3 rings (SSSR count). The molecule has 0 bridgehead atoms. The van der Waals surface area contributed by atoms with Gasteiger partial charge in [-0.1, -0.05) is 22.0 Å². The minimum Gasteiger partial charge on any atom is -0.326 e. The van der Waals surface area contributed by atoms with Crippen LogP contribution >= 0.6 is 38.6 Å². The third kappa shape index (κ3) is 5.00. The van der Waals surface area contributed by atoms with Gasteiger partial charge in [0, 0.05) is 22.0 Å². The molecule has 2 N–H and O–H groups in total. The fraction of sp³-hybridized carbons (Fsp3) is 0.167. The smallest absolute Gasteiger partial charge is 0.267 e. The van der Waals surface area contributed by atoms with Crippen LogP contribution in [0.25, 0.3) is 0 Å². The molecule has 26 heavy (non-hydrogen) atoms. The van der Waals surface area contributed by atoms with Crippen LogP contribution in [0.15, 0.2) is 45.6 Å². The van der Waals surface area contributed by atoms with Gasteiger partial charge in [0.05, 0.1) is 10.6 Å². The van der Waals surface area contributed by atoms with Crippen molar-refractivity contribution in [3.05, 3.63) is 61.7 Å². The van der Waals surface area contributed by atoms with E-state index in [1.54, 1.807) is 6.07 Å². The number of amides is 2. The third-order valence-corrected chi connectivity index (χ3v) is 6.13. The molecule has 0 saturated carbocycles. The van der Waals surface area contributed by atoms with Crippen LogP contribution in [0.4, 0.5) is 10.8 Å². The number of benzene rings is 1. The number of anilines is 2. The first-order valence-electron chi connectivity index (χ1n) is 7.86. The number of nitrogens with zero attached hydrogens (tertiary/aromatic N) is 1. The van der Waals surface area contributed by atoms with E-state index in [9.17, 15) is 9.59 Å². The molecule has 3 aromatic rings. The van der Waals surface area contributed by atoms with Gasteiger partial charge in [-0.05, 0) is 48.6 Å². The van der Waals surface area contributed by atoms with Crippen LogP contribution < -0.4 is 10.6 Å². The van der Waals surface area contributed by atoms with Crippen molar-refractivity contribution in [2.24, 2.45) is 0 Å². The molecule has 5 nitrogen and oxygen atoms in total. The van der Waals surface area contributed by atoms with Crippen LogP contribution in [0.2, 0.25) is 0 Å². The maximum absolute atomic E-state index is 12.1.